The van der Waals surface area contributed by atoms with Crippen molar-refractivity contribution in [2.75, 3.05) is 6.54 Å². The van der Waals surface area contributed by atoms with Crippen LogP contribution < -0.4 is 15.8 Å². The fourth-order valence-electron chi connectivity index (χ4n) is 2.02. The van der Waals surface area contributed by atoms with E-state index in [0.717, 1.165) is 16.9 Å². The highest BCUT2D eigenvalue weighted by atomic mass is 16.5. The molecule has 0 aliphatic rings. The summed E-state index contributed by atoms with van der Waals surface area (Å²) < 4.78 is 5.80. The molecule has 0 fully saturated rings. The van der Waals surface area contributed by atoms with Crippen LogP contribution in [0, 0.1) is 0 Å². The number of hydrogen-bond acceptors (Lipinski definition) is 3. The second-order valence-corrected chi connectivity index (χ2v) is 4.66. The quantitative estimate of drug-likeness (QED) is 0.856. The Bertz CT molecular complexity index is 597. The van der Waals surface area contributed by atoms with Gasteiger partial charge in [-0.2, -0.15) is 0 Å². The van der Waals surface area contributed by atoms with Gasteiger partial charge in [0.2, 0.25) is 0 Å². The highest BCUT2D eigenvalue weighted by Crippen LogP contribution is 2.21. The van der Waals surface area contributed by atoms with Gasteiger partial charge in [0, 0.05) is 24.2 Å². The zero-order valence-electron chi connectivity index (χ0n) is 12.1. The Morgan fingerprint density at radius 3 is 2.62 bits per heavy atom. The van der Waals surface area contributed by atoms with E-state index in [1.54, 1.807) is 18.2 Å². The van der Waals surface area contributed by atoms with Crippen LogP contribution in [-0.4, -0.2) is 12.5 Å². The molecule has 0 atom stereocenters. The number of carbonyl (C=O) groups is 1. The molecule has 21 heavy (non-hydrogen) atoms. The van der Waals surface area contributed by atoms with Crippen LogP contribution >= 0.6 is 0 Å². The number of carbonyl (C=O) groups excluding carboxylic acids is 1. The molecule has 3 N–H and O–H groups in total. The first kappa shape index (κ1) is 15.1. The summed E-state index contributed by atoms with van der Waals surface area (Å²) in [4.78, 5) is 11.8. The predicted molar refractivity (Wildman–Crippen MR) is 83.1 cm³/mol. The molecule has 0 aliphatic heterocycles. The largest absolute Gasteiger partial charge is 0.489 e. The average molecular weight is 284 g/mol. The van der Waals surface area contributed by atoms with Crippen molar-refractivity contribution < 1.29 is 9.53 Å². The number of nitrogens with two attached hydrogens (primary N) is 1. The maximum atomic E-state index is 11.8. The molecule has 0 bridgehead atoms. The second kappa shape index (κ2) is 7.45. The number of rotatable bonds is 6. The summed E-state index contributed by atoms with van der Waals surface area (Å²) in [6.07, 6.45) is 0. The van der Waals surface area contributed by atoms with Crippen molar-refractivity contribution in [3.63, 3.8) is 0 Å². The van der Waals surface area contributed by atoms with E-state index >= 15 is 0 Å². The van der Waals surface area contributed by atoms with Crippen molar-refractivity contribution >= 4 is 5.91 Å². The molecule has 0 radical (unpaired) electrons. The molecule has 0 saturated carbocycles. The van der Waals surface area contributed by atoms with E-state index in [1.807, 2.05) is 37.3 Å². The lowest BCUT2D eigenvalue weighted by molar-refractivity contribution is 0.0955. The summed E-state index contributed by atoms with van der Waals surface area (Å²) in [5, 5.41) is 2.77. The molecule has 0 aliphatic carbocycles. The van der Waals surface area contributed by atoms with Gasteiger partial charge in [0.15, 0.2) is 0 Å². The Hall–Kier alpha value is -2.33. The van der Waals surface area contributed by atoms with Gasteiger partial charge in [0.05, 0.1) is 0 Å². The van der Waals surface area contributed by atoms with Crippen LogP contribution in [0.3, 0.4) is 0 Å². The molecule has 0 heterocycles. The lowest BCUT2D eigenvalue weighted by Crippen LogP contribution is -2.22. The second-order valence-electron chi connectivity index (χ2n) is 4.66. The van der Waals surface area contributed by atoms with Crippen molar-refractivity contribution in [3.05, 3.63) is 65.2 Å². The maximum Gasteiger partial charge on any atom is 0.251 e. The zero-order chi connectivity index (χ0) is 15.1. The molecule has 0 aromatic heterocycles. The number of amides is 1. The van der Waals surface area contributed by atoms with E-state index < -0.39 is 0 Å². The van der Waals surface area contributed by atoms with Gasteiger partial charge in [-0.3, -0.25) is 4.79 Å². The van der Waals surface area contributed by atoms with E-state index in [4.69, 9.17) is 10.5 Å². The first-order valence-electron chi connectivity index (χ1n) is 7.02. The third kappa shape index (κ3) is 4.07. The van der Waals surface area contributed by atoms with Gasteiger partial charge >= 0.3 is 0 Å². The van der Waals surface area contributed by atoms with Gasteiger partial charge in [0.1, 0.15) is 12.4 Å². The number of ether oxygens (including phenoxy) is 1. The van der Waals surface area contributed by atoms with Gasteiger partial charge in [-0.15, -0.1) is 0 Å². The standard InChI is InChI=1S/C17H20N2O2/c1-2-19-17(20)14-8-9-16(15(10-14)11-18)21-12-13-6-4-3-5-7-13/h3-10H,2,11-12,18H2,1H3,(H,19,20). The molecule has 4 nitrogen and oxygen atoms in total. The maximum absolute atomic E-state index is 11.8. The SMILES string of the molecule is CCNC(=O)c1ccc(OCc2ccccc2)c(CN)c1. The lowest BCUT2D eigenvalue weighted by atomic mass is 10.1. The minimum atomic E-state index is -0.0955. The normalized spacial score (nSPS) is 10.2. The van der Waals surface area contributed by atoms with Gasteiger partial charge in [-0.25, -0.2) is 0 Å². The topological polar surface area (TPSA) is 64.3 Å². The fraction of sp³-hybridized carbons (Fsp3) is 0.235. The Morgan fingerprint density at radius 2 is 1.95 bits per heavy atom. The Labute approximate surface area is 124 Å². The molecule has 1 amide bonds. The van der Waals surface area contributed by atoms with Gasteiger partial charge in [-0.05, 0) is 30.7 Å². The summed E-state index contributed by atoms with van der Waals surface area (Å²) in [6, 6.07) is 15.3. The van der Waals surface area contributed by atoms with Gasteiger partial charge in [-0.1, -0.05) is 30.3 Å². The van der Waals surface area contributed by atoms with Gasteiger partial charge < -0.3 is 15.8 Å². The molecule has 0 spiro atoms. The van der Waals surface area contributed by atoms with Crippen LogP contribution in [0.5, 0.6) is 5.75 Å². The molecule has 0 unspecified atom stereocenters. The summed E-state index contributed by atoms with van der Waals surface area (Å²) in [6.45, 7) is 3.30. The molecule has 4 heteroatoms. The summed E-state index contributed by atoms with van der Waals surface area (Å²) >= 11 is 0. The highest BCUT2D eigenvalue weighted by Gasteiger charge is 2.09. The Kier molecular flexibility index (Phi) is 5.35. The first-order chi connectivity index (χ1) is 10.2. The average Bonchev–Trinajstić information content (AvgIpc) is 2.54. The minimum Gasteiger partial charge on any atom is -0.489 e. The lowest BCUT2D eigenvalue weighted by Gasteiger charge is -2.12. The van der Waals surface area contributed by atoms with Crippen LogP contribution in [0.2, 0.25) is 0 Å². The molecular weight excluding hydrogens is 264 g/mol. The first-order valence-corrected chi connectivity index (χ1v) is 7.02. The van der Waals surface area contributed by atoms with Crippen molar-refractivity contribution in [2.24, 2.45) is 5.73 Å². The van der Waals surface area contributed by atoms with Crippen LogP contribution in [-0.2, 0) is 13.2 Å². The van der Waals surface area contributed by atoms with E-state index in [2.05, 4.69) is 5.32 Å². The Morgan fingerprint density at radius 1 is 1.19 bits per heavy atom. The number of nitrogens with one attached hydrogen (secondary N) is 1. The fourth-order valence-corrected chi connectivity index (χ4v) is 2.02. The summed E-state index contributed by atoms with van der Waals surface area (Å²) in [5.41, 5.74) is 8.27. The van der Waals surface area contributed by atoms with Crippen molar-refractivity contribution in [1.29, 1.82) is 0 Å². The molecule has 2 aromatic rings. The Balaban J connectivity index is 2.11. The van der Waals surface area contributed by atoms with Crippen molar-refractivity contribution in [3.8, 4) is 5.75 Å². The summed E-state index contributed by atoms with van der Waals surface area (Å²) in [7, 11) is 0. The highest BCUT2D eigenvalue weighted by molar-refractivity contribution is 5.94. The predicted octanol–water partition coefficient (Wildman–Crippen LogP) is 2.47. The molecule has 110 valence electrons. The van der Waals surface area contributed by atoms with E-state index in [9.17, 15) is 4.79 Å². The molecular formula is C17H20N2O2. The zero-order valence-corrected chi connectivity index (χ0v) is 12.1. The van der Waals surface area contributed by atoms with Crippen molar-refractivity contribution in [1.82, 2.24) is 5.32 Å². The third-order valence-electron chi connectivity index (χ3n) is 3.12. The number of benzene rings is 2. The van der Waals surface area contributed by atoms with Crippen LogP contribution in [0.25, 0.3) is 0 Å². The minimum absolute atomic E-state index is 0.0955. The molecule has 2 aromatic carbocycles. The molecule has 0 saturated heterocycles. The smallest absolute Gasteiger partial charge is 0.251 e. The summed E-state index contributed by atoms with van der Waals surface area (Å²) in [5.74, 6) is 0.621. The van der Waals surface area contributed by atoms with Crippen LogP contribution in [0.1, 0.15) is 28.4 Å². The third-order valence-corrected chi connectivity index (χ3v) is 3.12. The van der Waals surface area contributed by atoms with Gasteiger partial charge in [0.25, 0.3) is 5.91 Å². The van der Waals surface area contributed by atoms with Crippen molar-refractivity contribution in [2.45, 2.75) is 20.1 Å². The molecule has 2 rings (SSSR count). The van der Waals surface area contributed by atoms with E-state index in [1.165, 1.54) is 0 Å². The monoisotopic (exact) mass is 284 g/mol. The van der Waals surface area contributed by atoms with Crippen LogP contribution in [0.15, 0.2) is 48.5 Å². The van der Waals surface area contributed by atoms with E-state index in [-0.39, 0.29) is 5.91 Å². The van der Waals surface area contributed by atoms with E-state index in [0.29, 0.717) is 25.3 Å². The van der Waals surface area contributed by atoms with Crippen LogP contribution in [0.4, 0.5) is 0 Å². The number of hydrogen-bond donors (Lipinski definition) is 2.